The molecular formula is C39H79N2O3+. The normalized spacial score (nSPS) is 12.0. The predicted octanol–water partition coefficient (Wildman–Crippen LogP) is 10.2. The highest BCUT2D eigenvalue weighted by Crippen LogP contribution is 2.14. The standard InChI is InChI=1S/C39H78N2O3/c1-4-6-8-10-12-14-16-18-20-22-24-26-28-30-34-40-38(42)32-31-35-41(3)36-37-44-39(43)33-29-27-25-23-21-19-17-15-13-11-9-7-5-2/h4-37H2,1-3H3,(H,40,42)/p+1. The van der Waals surface area contributed by atoms with Crippen LogP contribution in [0.2, 0.25) is 0 Å². The first-order chi connectivity index (χ1) is 21.6. The quantitative estimate of drug-likeness (QED) is 0.0315. The van der Waals surface area contributed by atoms with Crippen LogP contribution in [0.5, 0.6) is 0 Å². The van der Waals surface area contributed by atoms with Crippen molar-refractivity contribution in [2.75, 3.05) is 33.3 Å². The lowest BCUT2D eigenvalue weighted by Gasteiger charge is -2.15. The molecule has 5 nitrogen and oxygen atoms in total. The average molecular weight is 624 g/mol. The molecule has 0 aliphatic heterocycles. The fraction of sp³-hybridized carbons (Fsp3) is 0.949. The molecule has 0 rings (SSSR count). The highest BCUT2D eigenvalue weighted by molar-refractivity contribution is 5.69. The van der Waals surface area contributed by atoms with Crippen molar-refractivity contribution in [3.8, 4) is 0 Å². The topological polar surface area (TPSA) is 63.7 Å². The Bertz CT molecular complexity index is 610. The summed E-state index contributed by atoms with van der Waals surface area (Å²) in [6.07, 6.45) is 38.4. The zero-order chi connectivity index (χ0) is 32.2. The number of aliphatic hydroxyl groups excluding tert-OH is 1. The second-order valence-electron chi connectivity index (χ2n) is 13.6. The third-order valence-electron chi connectivity index (χ3n) is 9.03. The van der Waals surface area contributed by atoms with Gasteiger partial charge in [0.2, 0.25) is 0 Å². The maximum absolute atomic E-state index is 12.0. The van der Waals surface area contributed by atoms with E-state index in [9.17, 15) is 9.90 Å². The summed E-state index contributed by atoms with van der Waals surface area (Å²) < 4.78 is 5.44. The third-order valence-corrected chi connectivity index (χ3v) is 9.03. The summed E-state index contributed by atoms with van der Waals surface area (Å²) in [5.41, 5.74) is 0. The number of hydrogen-bond acceptors (Lipinski definition) is 3. The maximum atomic E-state index is 12.0. The minimum Gasteiger partial charge on any atom is -0.464 e. The lowest BCUT2D eigenvalue weighted by molar-refractivity contribution is -0.468. The molecule has 0 spiro atoms. The van der Waals surface area contributed by atoms with Gasteiger partial charge < -0.3 is 14.7 Å². The Labute approximate surface area is 275 Å². The molecule has 262 valence electrons. The lowest BCUT2D eigenvalue weighted by atomic mass is 10.0. The molecule has 0 heterocycles. The number of nitrogens with zero attached hydrogens (tertiary/aromatic N) is 1. The van der Waals surface area contributed by atoms with Gasteiger partial charge in [-0.15, -0.1) is 0 Å². The summed E-state index contributed by atoms with van der Waals surface area (Å²) in [6, 6.07) is 0. The van der Waals surface area contributed by atoms with Crippen molar-refractivity contribution in [1.82, 2.24) is 4.90 Å². The molecule has 0 aromatic rings. The Hall–Kier alpha value is -1.10. The van der Waals surface area contributed by atoms with Crippen LogP contribution in [0.4, 0.5) is 0 Å². The summed E-state index contributed by atoms with van der Waals surface area (Å²) in [4.78, 5) is 17.4. The fourth-order valence-electron chi connectivity index (χ4n) is 5.94. The molecule has 0 saturated carbocycles. The monoisotopic (exact) mass is 624 g/mol. The number of aliphatic hydroxyl groups is 1. The van der Waals surface area contributed by atoms with Gasteiger partial charge in [0, 0.05) is 19.4 Å². The van der Waals surface area contributed by atoms with Gasteiger partial charge in [-0.05, 0) is 32.9 Å². The fourth-order valence-corrected chi connectivity index (χ4v) is 5.94. The van der Waals surface area contributed by atoms with E-state index in [-0.39, 0.29) is 5.97 Å². The van der Waals surface area contributed by atoms with E-state index in [0.29, 0.717) is 25.3 Å². The minimum atomic E-state index is -0.0554. The number of likely N-dealkylation sites (N-methyl/N-ethyl adjacent to an activating group) is 1. The summed E-state index contributed by atoms with van der Waals surface area (Å²) in [5.74, 6) is 0.359. The number of unbranched alkanes of at least 4 members (excludes halogenated alkanes) is 25. The van der Waals surface area contributed by atoms with Crippen molar-refractivity contribution in [2.24, 2.45) is 0 Å². The Morgan fingerprint density at radius 3 is 1.34 bits per heavy atom. The summed E-state index contributed by atoms with van der Waals surface area (Å²) in [5, 5.41) is 10.2. The third kappa shape index (κ3) is 35.4. The molecule has 0 fully saturated rings. The van der Waals surface area contributed by atoms with Crippen molar-refractivity contribution < 1.29 is 19.6 Å². The minimum absolute atomic E-state index is 0.0554. The molecule has 0 aromatic carbocycles. The molecule has 0 bridgehead atoms. The summed E-state index contributed by atoms with van der Waals surface area (Å²) in [7, 11) is 2.05. The van der Waals surface area contributed by atoms with Crippen LogP contribution in [0, 0.1) is 0 Å². The Balaban J connectivity index is 3.42. The molecule has 0 atom stereocenters. The van der Waals surface area contributed by atoms with Crippen LogP contribution in [0.15, 0.2) is 0 Å². The number of esters is 1. The van der Waals surface area contributed by atoms with E-state index < -0.39 is 0 Å². The van der Waals surface area contributed by atoms with E-state index >= 15 is 0 Å². The Morgan fingerprint density at radius 1 is 0.523 bits per heavy atom. The van der Waals surface area contributed by atoms with Crippen LogP contribution in [-0.2, 0) is 9.53 Å². The maximum Gasteiger partial charge on any atom is 0.332 e. The predicted molar refractivity (Wildman–Crippen MR) is 192 cm³/mol. The number of rotatable bonds is 36. The largest absolute Gasteiger partial charge is 0.464 e. The number of carbonyl (C=O) groups is 1. The van der Waals surface area contributed by atoms with E-state index in [2.05, 4.69) is 30.8 Å². The molecule has 2 N–H and O–H groups in total. The van der Waals surface area contributed by atoms with E-state index in [4.69, 9.17) is 4.74 Å². The highest BCUT2D eigenvalue weighted by Gasteiger charge is 2.07. The highest BCUT2D eigenvalue weighted by atomic mass is 16.5. The van der Waals surface area contributed by atoms with Gasteiger partial charge in [-0.25, -0.2) is 4.99 Å². The number of hydrogen-bond donors (Lipinski definition) is 2. The van der Waals surface area contributed by atoms with Crippen LogP contribution < -0.4 is 4.99 Å². The lowest BCUT2D eigenvalue weighted by Crippen LogP contribution is -2.73. The van der Waals surface area contributed by atoms with Gasteiger partial charge in [-0.1, -0.05) is 168 Å². The van der Waals surface area contributed by atoms with Crippen LogP contribution in [0.25, 0.3) is 0 Å². The molecule has 0 aliphatic carbocycles. The van der Waals surface area contributed by atoms with E-state index in [1.165, 1.54) is 154 Å². The van der Waals surface area contributed by atoms with Gasteiger partial charge in [0.25, 0.3) is 0 Å². The molecule has 0 saturated heterocycles. The zero-order valence-corrected chi connectivity index (χ0v) is 30.3. The SMILES string of the molecule is CCCCCCCCCCCCCCCC[NH+]=C(O)CCCN(C)CCOC(=O)CCCCCCCCCCCCCCC. The van der Waals surface area contributed by atoms with E-state index in [1.807, 2.05) is 0 Å². The number of nitrogens with one attached hydrogen (secondary N) is 1. The molecule has 0 aliphatic rings. The first kappa shape index (κ1) is 42.9. The number of carbonyl (C=O) groups excluding carboxylic acids is 1. The van der Waals surface area contributed by atoms with E-state index in [1.54, 1.807) is 0 Å². The van der Waals surface area contributed by atoms with Crippen LogP contribution in [0.1, 0.15) is 206 Å². The number of ether oxygens (including phenoxy) is 1. The van der Waals surface area contributed by atoms with Crippen molar-refractivity contribution in [3.63, 3.8) is 0 Å². The van der Waals surface area contributed by atoms with Crippen LogP contribution in [-0.4, -0.2) is 55.2 Å². The van der Waals surface area contributed by atoms with Crippen molar-refractivity contribution in [1.29, 1.82) is 0 Å². The molecule has 0 unspecified atom stereocenters. The zero-order valence-electron chi connectivity index (χ0n) is 30.3. The molecule has 0 radical (unpaired) electrons. The second kappa shape index (κ2) is 36.4. The smallest absolute Gasteiger partial charge is 0.332 e. The Kier molecular flexibility index (Phi) is 35.5. The Morgan fingerprint density at radius 2 is 0.909 bits per heavy atom. The average Bonchev–Trinajstić information content (AvgIpc) is 3.01. The molecule has 0 amide bonds. The van der Waals surface area contributed by atoms with Crippen molar-refractivity contribution >= 4 is 11.9 Å². The van der Waals surface area contributed by atoms with E-state index in [0.717, 1.165) is 45.3 Å². The summed E-state index contributed by atoms with van der Waals surface area (Å²) >= 11 is 0. The first-order valence-electron chi connectivity index (χ1n) is 19.7. The van der Waals surface area contributed by atoms with Gasteiger partial charge in [-0.2, -0.15) is 0 Å². The van der Waals surface area contributed by atoms with Crippen LogP contribution in [0.3, 0.4) is 0 Å². The van der Waals surface area contributed by atoms with Crippen molar-refractivity contribution in [3.05, 3.63) is 0 Å². The molecule has 44 heavy (non-hydrogen) atoms. The van der Waals surface area contributed by atoms with Gasteiger partial charge in [-0.3, -0.25) is 4.79 Å². The first-order valence-corrected chi connectivity index (χ1v) is 19.7. The van der Waals surface area contributed by atoms with Crippen molar-refractivity contribution in [2.45, 2.75) is 206 Å². The molecular weight excluding hydrogens is 544 g/mol. The van der Waals surface area contributed by atoms with Gasteiger partial charge >= 0.3 is 11.9 Å². The summed E-state index contributed by atoms with van der Waals surface area (Å²) in [6.45, 7) is 7.53. The van der Waals surface area contributed by atoms with Crippen LogP contribution >= 0.6 is 0 Å². The van der Waals surface area contributed by atoms with Gasteiger partial charge in [0.05, 0.1) is 6.42 Å². The molecule has 5 heteroatoms. The van der Waals surface area contributed by atoms with Gasteiger partial charge in [0.1, 0.15) is 13.2 Å². The van der Waals surface area contributed by atoms with Gasteiger partial charge in [0.15, 0.2) is 0 Å². The second-order valence-corrected chi connectivity index (χ2v) is 13.6. The molecule has 0 aromatic heterocycles.